The SMILES string of the molecule is c1ccc(COc2cccc(COCC3CNCCO3)c2)cc1. The van der Waals surface area contributed by atoms with Gasteiger partial charge in [0, 0.05) is 13.1 Å². The van der Waals surface area contributed by atoms with E-state index in [-0.39, 0.29) is 6.10 Å². The number of rotatable bonds is 7. The summed E-state index contributed by atoms with van der Waals surface area (Å²) in [6, 6.07) is 18.2. The van der Waals surface area contributed by atoms with E-state index in [4.69, 9.17) is 14.2 Å². The molecule has 1 aliphatic heterocycles. The molecule has 2 aromatic carbocycles. The van der Waals surface area contributed by atoms with E-state index in [1.807, 2.05) is 36.4 Å². The Morgan fingerprint density at radius 1 is 1.00 bits per heavy atom. The van der Waals surface area contributed by atoms with Crippen LogP contribution >= 0.6 is 0 Å². The lowest BCUT2D eigenvalue weighted by atomic mass is 10.2. The minimum Gasteiger partial charge on any atom is -0.489 e. The molecular formula is C19H23NO3. The van der Waals surface area contributed by atoms with Crippen molar-refractivity contribution in [1.82, 2.24) is 5.32 Å². The molecule has 4 nitrogen and oxygen atoms in total. The summed E-state index contributed by atoms with van der Waals surface area (Å²) in [6.45, 7) is 4.31. The second-order valence-electron chi connectivity index (χ2n) is 5.63. The fourth-order valence-corrected chi connectivity index (χ4v) is 2.50. The molecule has 0 radical (unpaired) electrons. The number of morpholine rings is 1. The van der Waals surface area contributed by atoms with E-state index < -0.39 is 0 Å². The minimum absolute atomic E-state index is 0.154. The smallest absolute Gasteiger partial charge is 0.120 e. The lowest BCUT2D eigenvalue weighted by Gasteiger charge is -2.23. The molecule has 1 fully saturated rings. The highest BCUT2D eigenvalue weighted by atomic mass is 16.5. The van der Waals surface area contributed by atoms with Gasteiger partial charge in [0.1, 0.15) is 12.4 Å². The monoisotopic (exact) mass is 313 g/mol. The Morgan fingerprint density at radius 3 is 2.70 bits per heavy atom. The molecule has 0 spiro atoms. The molecule has 1 N–H and O–H groups in total. The first-order valence-corrected chi connectivity index (χ1v) is 8.06. The zero-order chi connectivity index (χ0) is 15.7. The molecule has 2 aromatic rings. The number of nitrogens with one attached hydrogen (secondary N) is 1. The average molecular weight is 313 g/mol. The highest BCUT2D eigenvalue weighted by Crippen LogP contribution is 2.16. The number of benzene rings is 2. The van der Waals surface area contributed by atoms with Crippen molar-refractivity contribution < 1.29 is 14.2 Å². The van der Waals surface area contributed by atoms with Gasteiger partial charge in [-0.1, -0.05) is 42.5 Å². The molecule has 1 saturated heterocycles. The van der Waals surface area contributed by atoms with Crippen LogP contribution in [-0.4, -0.2) is 32.4 Å². The molecule has 0 bridgehead atoms. The van der Waals surface area contributed by atoms with Gasteiger partial charge in [-0.05, 0) is 23.3 Å². The zero-order valence-electron chi connectivity index (χ0n) is 13.2. The van der Waals surface area contributed by atoms with Gasteiger partial charge in [-0.25, -0.2) is 0 Å². The van der Waals surface area contributed by atoms with Gasteiger partial charge >= 0.3 is 0 Å². The molecule has 0 amide bonds. The van der Waals surface area contributed by atoms with Gasteiger partial charge in [-0.2, -0.15) is 0 Å². The van der Waals surface area contributed by atoms with Crippen molar-refractivity contribution in [2.24, 2.45) is 0 Å². The standard InChI is InChI=1S/C19H23NO3/c1-2-5-16(6-3-1)14-23-18-8-4-7-17(11-18)13-21-15-19-12-20-9-10-22-19/h1-8,11,19-20H,9-10,12-15H2. The Labute approximate surface area is 137 Å². The van der Waals surface area contributed by atoms with Gasteiger partial charge in [-0.15, -0.1) is 0 Å². The van der Waals surface area contributed by atoms with Crippen LogP contribution in [0.3, 0.4) is 0 Å². The van der Waals surface area contributed by atoms with Crippen LogP contribution in [-0.2, 0) is 22.7 Å². The Morgan fingerprint density at radius 2 is 1.87 bits per heavy atom. The summed E-state index contributed by atoms with van der Waals surface area (Å²) in [5.41, 5.74) is 2.27. The molecule has 0 saturated carbocycles. The fourth-order valence-electron chi connectivity index (χ4n) is 2.50. The van der Waals surface area contributed by atoms with Crippen LogP contribution in [0.1, 0.15) is 11.1 Å². The first kappa shape index (κ1) is 16.0. The maximum Gasteiger partial charge on any atom is 0.120 e. The van der Waals surface area contributed by atoms with Gasteiger partial charge in [0.05, 0.1) is 25.9 Å². The first-order valence-electron chi connectivity index (χ1n) is 8.06. The van der Waals surface area contributed by atoms with Crippen LogP contribution in [0.15, 0.2) is 54.6 Å². The second kappa shape index (κ2) is 8.67. The van der Waals surface area contributed by atoms with Crippen molar-refractivity contribution in [3.05, 3.63) is 65.7 Å². The third-order valence-corrected chi connectivity index (χ3v) is 3.72. The van der Waals surface area contributed by atoms with E-state index in [2.05, 4.69) is 23.5 Å². The molecular weight excluding hydrogens is 290 g/mol. The van der Waals surface area contributed by atoms with Gasteiger partial charge < -0.3 is 19.5 Å². The predicted molar refractivity (Wildman–Crippen MR) is 89.5 cm³/mol. The van der Waals surface area contributed by atoms with Crippen molar-refractivity contribution in [1.29, 1.82) is 0 Å². The van der Waals surface area contributed by atoms with E-state index in [9.17, 15) is 0 Å². The summed E-state index contributed by atoms with van der Waals surface area (Å²) in [6.07, 6.45) is 0.154. The third-order valence-electron chi connectivity index (χ3n) is 3.72. The van der Waals surface area contributed by atoms with Gasteiger partial charge in [-0.3, -0.25) is 0 Å². The molecule has 122 valence electrons. The summed E-state index contributed by atoms with van der Waals surface area (Å²) in [5.74, 6) is 0.866. The highest BCUT2D eigenvalue weighted by molar-refractivity contribution is 5.28. The Bertz CT molecular complexity index is 582. The maximum absolute atomic E-state index is 5.84. The predicted octanol–water partition coefficient (Wildman–Crippen LogP) is 2.77. The lowest BCUT2D eigenvalue weighted by Crippen LogP contribution is -2.40. The van der Waals surface area contributed by atoms with Crippen molar-refractivity contribution in [2.75, 3.05) is 26.3 Å². The summed E-state index contributed by atoms with van der Waals surface area (Å²) in [7, 11) is 0. The van der Waals surface area contributed by atoms with Crippen molar-refractivity contribution in [3.8, 4) is 5.75 Å². The normalized spacial score (nSPS) is 17.8. The molecule has 23 heavy (non-hydrogen) atoms. The van der Waals surface area contributed by atoms with Crippen LogP contribution in [0.5, 0.6) is 5.75 Å². The molecule has 3 rings (SSSR count). The van der Waals surface area contributed by atoms with E-state index in [0.717, 1.165) is 36.6 Å². The van der Waals surface area contributed by atoms with Crippen LogP contribution in [0.25, 0.3) is 0 Å². The van der Waals surface area contributed by atoms with E-state index in [0.29, 0.717) is 19.8 Å². The van der Waals surface area contributed by atoms with Gasteiger partial charge in [0.25, 0.3) is 0 Å². The summed E-state index contributed by atoms with van der Waals surface area (Å²) in [4.78, 5) is 0. The zero-order valence-corrected chi connectivity index (χ0v) is 13.2. The quantitative estimate of drug-likeness (QED) is 0.853. The average Bonchev–Trinajstić information content (AvgIpc) is 2.62. The summed E-state index contributed by atoms with van der Waals surface area (Å²) < 4.78 is 17.2. The van der Waals surface area contributed by atoms with Crippen molar-refractivity contribution in [2.45, 2.75) is 19.3 Å². The molecule has 0 aliphatic carbocycles. The first-order chi connectivity index (χ1) is 11.4. The summed E-state index contributed by atoms with van der Waals surface area (Å²) in [5, 5.41) is 3.30. The molecule has 1 heterocycles. The second-order valence-corrected chi connectivity index (χ2v) is 5.63. The molecule has 1 atom stereocenters. The fraction of sp³-hybridized carbons (Fsp3) is 0.368. The topological polar surface area (TPSA) is 39.7 Å². The maximum atomic E-state index is 5.84. The van der Waals surface area contributed by atoms with Gasteiger partial charge in [0.15, 0.2) is 0 Å². The molecule has 1 aliphatic rings. The molecule has 4 heteroatoms. The highest BCUT2D eigenvalue weighted by Gasteiger charge is 2.13. The summed E-state index contributed by atoms with van der Waals surface area (Å²) >= 11 is 0. The van der Waals surface area contributed by atoms with E-state index >= 15 is 0 Å². The van der Waals surface area contributed by atoms with Gasteiger partial charge in [0.2, 0.25) is 0 Å². The Balaban J connectivity index is 1.45. The minimum atomic E-state index is 0.154. The van der Waals surface area contributed by atoms with Crippen LogP contribution < -0.4 is 10.1 Å². The molecule has 1 unspecified atom stereocenters. The van der Waals surface area contributed by atoms with E-state index in [1.165, 1.54) is 0 Å². The number of hydrogen-bond donors (Lipinski definition) is 1. The Hall–Kier alpha value is -1.88. The van der Waals surface area contributed by atoms with Crippen LogP contribution in [0.4, 0.5) is 0 Å². The van der Waals surface area contributed by atoms with Crippen molar-refractivity contribution >= 4 is 0 Å². The van der Waals surface area contributed by atoms with Crippen molar-refractivity contribution in [3.63, 3.8) is 0 Å². The molecule has 0 aromatic heterocycles. The van der Waals surface area contributed by atoms with Crippen LogP contribution in [0.2, 0.25) is 0 Å². The largest absolute Gasteiger partial charge is 0.489 e. The van der Waals surface area contributed by atoms with E-state index in [1.54, 1.807) is 0 Å². The van der Waals surface area contributed by atoms with Crippen LogP contribution in [0, 0.1) is 0 Å². The number of hydrogen-bond acceptors (Lipinski definition) is 4. The Kier molecular flexibility index (Phi) is 6.03. The third kappa shape index (κ3) is 5.36. The lowest BCUT2D eigenvalue weighted by molar-refractivity contribution is -0.0357. The number of ether oxygens (including phenoxy) is 3.